The Balaban J connectivity index is 1.52. The zero-order chi connectivity index (χ0) is 30.0. The van der Waals surface area contributed by atoms with E-state index in [-0.39, 0.29) is 29.0 Å². The molecule has 1 saturated heterocycles. The molecule has 4 aromatic carbocycles. The van der Waals surface area contributed by atoms with Crippen LogP contribution in [0.5, 0.6) is 11.5 Å². The highest BCUT2D eigenvalue weighted by Gasteiger charge is 2.46. The molecule has 4 aromatic rings. The third-order valence-electron chi connectivity index (χ3n) is 7.04. The molecule has 9 heteroatoms. The molecular weight excluding hydrogens is 547 g/mol. The van der Waals surface area contributed by atoms with Gasteiger partial charge in [-0.3, -0.25) is 9.59 Å². The van der Waals surface area contributed by atoms with Crippen LogP contribution in [0, 0.1) is 6.92 Å². The Morgan fingerprint density at radius 2 is 1.57 bits per heavy atom. The molecule has 0 aromatic heterocycles. The van der Waals surface area contributed by atoms with Crippen molar-refractivity contribution in [2.75, 3.05) is 0 Å². The first kappa shape index (κ1) is 28.5. The number of aliphatic hydroxyl groups excluding tert-OH is 1. The molecule has 1 aliphatic heterocycles. The van der Waals surface area contributed by atoms with Crippen LogP contribution in [-0.2, 0) is 28.9 Å². The molecule has 0 saturated carbocycles. The molecule has 1 amide bonds. The molecule has 214 valence electrons. The summed E-state index contributed by atoms with van der Waals surface area (Å²) >= 11 is 0. The summed E-state index contributed by atoms with van der Waals surface area (Å²) in [5.74, 6) is -1.87. The molecular formula is C33H26F3NO5. The monoisotopic (exact) mass is 573 g/mol. The number of carbonyl (C=O) groups is 2. The van der Waals surface area contributed by atoms with Crippen LogP contribution in [0.25, 0.3) is 5.76 Å². The second-order valence-electron chi connectivity index (χ2n) is 9.97. The average molecular weight is 574 g/mol. The predicted molar refractivity (Wildman–Crippen MR) is 149 cm³/mol. The number of aryl methyl sites for hydroxylation is 1. The first-order chi connectivity index (χ1) is 20.0. The van der Waals surface area contributed by atoms with Crippen molar-refractivity contribution < 1.29 is 37.7 Å². The van der Waals surface area contributed by atoms with E-state index in [4.69, 9.17) is 4.74 Å². The number of aromatic hydroxyl groups is 1. The van der Waals surface area contributed by atoms with Gasteiger partial charge in [0.1, 0.15) is 23.9 Å². The van der Waals surface area contributed by atoms with Crippen LogP contribution >= 0.6 is 0 Å². The minimum Gasteiger partial charge on any atom is -0.508 e. The molecule has 0 bridgehead atoms. The number of hydrogen-bond donors (Lipinski definition) is 2. The van der Waals surface area contributed by atoms with Gasteiger partial charge in [-0.1, -0.05) is 54.6 Å². The topological polar surface area (TPSA) is 87.1 Å². The van der Waals surface area contributed by atoms with Crippen LogP contribution in [0.3, 0.4) is 0 Å². The quantitative estimate of drug-likeness (QED) is 0.142. The van der Waals surface area contributed by atoms with Crippen LogP contribution in [0.2, 0.25) is 0 Å². The molecule has 1 atom stereocenters. The van der Waals surface area contributed by atoms with E-state index in [1.54, 1.807) is 25.1 Å². The number of hydrogen-bond acceptors (Lipinski definition) is 5. The van der Waals surface area contributed by atoms with Gasteiger partial charge in [0.25, 0.3) is 11.7 Å². The normalized spacial score (nSPS) is 16.6. The fourth-order valence-corrected chi connectivity index (χ4v) is 4.94. The standard InChI is InChI=1S/C33H26F3NO5/c1-20-16-24(12-15-27(20)42-19-21-6-3-2-4-7-21)30(39)28-29(23-10-13-26(38)14-11-23)37(32(41)31(28)40)18-22-8-5-9-25(17-22)33(34,35)36/h2-17,29,38-39H,18-19H2,1H3/b30-28+. The first-order valence-corrected chi connectivity index (χ1v) is 13.0. The van der Waals surface area contributed by atoms with Gasteiger partial charge >= 0.3 is 6.18 Å². The second-order valence-corrected chi connectivity index (χ2v) is 9.97. The van der Waals surface area contributed by atoms with Gasteiger partial charge in [0, 0.05) is 12.1 Å². The number of alkyl halides is 3. The van der Waals surface area contributed by atoms with Gasteiger partial charge in [-0.2, -0.15) is 13.2 Å². The Labute approximate surface area is 239 Å². The Bertz CT molecular complexity index is 1660. The Morgan fingerprint density at radius 3 is 2.24 bits per heavy atom. The minimum absolute atomic E-state index is 0.0599. The van der Waals surface area contributed by atoms with Crippen molar-refractivity contribution in [2.45, 2.75) is 32.3 Å². The average Bonchev–Trinajstić information content (AvgIpc) is 3.21. The van der Waals surface area contributed by atoms with Crippen molar-refractivity contribution >= 4 is 17.4 Å². The third kappa shape index (κ3) is 5.85. The fraction of sp³-hybridized carbons (Fsp3) is 0.152. The summed E-state index contributed by atoms with van der Waals surface area (Å²) in [7, 11) is 0. The number of ether oxygens (including phenoxy) is 1. The summed E-state index contributed by atoms with van der Waals surface area (Å²) in [6.45, 7) is 1.79. The van der Waals surface area contributed by atoms with E-state index in [1.165, 1.54) is 36.4 Å². The lowest BCUT2D eigenvalue weighted by atomic mass is 9.94. The third-order valence-corrected chi connectivity index (χ3v) is 7.04. The highest BCUT2D eigenvalue weighted by molar-refractivity contribution is 6.46. The van der Waals surface area contributed by atoms with Gasteiger partial charge in [-0.15, -0.1) is 0 Å². The highest BCUT2D eigenvalue weighted by Crippen LogP contribution is 2.41. The zero-order valence-electron chi connectivity index (χ0n) is 22.4. The Morgan fingerprint density at radius 1 is 0.881 bits per heavy atom. The van der Waals surface area contributed by atoms with Crippen LogP contribution < -0.4 is 4.74 Å². The van der Waals surface area contributed by atoms with Crippen molar-refractivity contribution in [1.29, 1.82) is 0 Å². The number of likely N-dealkylation sites (tertiary alicyclic amines) is 1. The lowest BCUT2D eigenvalue weighted by Gasteiger charge is -2.26. The summed E-state index contributed by atoms with van der Waals surface area (Å²) < 4.78 is 45.9. The SMILES string of the molecule is Cc1cc(/C(O)=C2\C(=O)C(=O)N(Cc3cccc(C(F)(F)F)c3)C2c2ccc(O)cc2)ccc1OCc1ccccc1. The first-order valence-electron chi connectivity index (χ1n) is 13.0. The number of carbonyl (C=O) groups excluding carboxylic acids is 2. The molecule has 1 aliphatic rings. The molecule has 1 fully saturated rings. The van der Waals surface area contributed by atoms with E-state index in [0.29, 0.717) is 23.5 Å². The summed E-state index contributed by atoms with van der Waals surface area (Å²) in [4.78, 5) is 27.7. The maximum Gasteiger partial charge on any atom is 0.416 e. The molecule has 0 radical (unpaired) electrons. The maximum atomic E-state index is 13.3. The highest BCUT2D eigenvalue weighted by atomic mass is 19.4. The van der Waals surface area contributed by atoms with Crippen molar-refractivity contribution in [2.24, 2.45) is 0 Å². The number of rotatable bonds is 7. The van der Waals surface area contributed by atoms with E-state index in [1.807, 2.05) is 30.3 Å². The van der Waals surface area contributed by atoms with Gasteiger partial charge < -0.3 is 19.8 Å². The van der Waals surface area contributed by atoms with Crippen LogP contribution in [0.15, 0.2) is 103 Å². The number of phenolic OH excluding ortho intramolecular Hbond substituents is 1. The van der Waals surface area contributed by atoms with E-state index in [2.05, 4.69) is 0 Å². The van der Waals surface area contributed by atoms with Crippen molar-refractivity contribution in [3.63, 3.8) is 0 Å². The number of aliphatic hydroxyl groups is 1. The Hall–Kier alpha value is -5.05. The summed E-state index contributed by atoms with van der Waals surface area (Å²) in [5.41, 5.74) is 1.36. The van der Waals surface area contributed by atoms with Crippen LogP contribution in [0.4, 0.5) is 13.2 Å². The number of halogens is 3. The van der Waals surface area contributed by atoms with Gasteiger partial charge in [-0.25, -0.2) is 0 Å². The smallest absolute Gasteiger partial charge is 0.416 e. The number of benzene rings is 4. The van der Waals surface area contributed by atoms with Crippen molar-refractivity contribution in [1.82, 2.24) is 4.90 Å². The summed E-state index contributed by atoms with van der Waals surface area (Å²) in [6.07, 6.45) is -4.59. The van der Waals surface area contributed by atoms with Crippen LogP contribution in [0.1, 0.15) is 39.4 Å². The summed E-state index contributed by atoms with van der Waals surface area (Å²) in [5, 5.41) is 21.2. The number of nitrogens with zero attached hydrogens (tertiary/aromatic N) is 1. The van der Waals surface area contributed by atoms with Crippen LogP contribution in [-0.4, -0.2) is 26.8 Å². The molecule has 6 nitrogen and oxygen atoms in total. The minimum atomic E-state index is -4.59. The van der Waals surface area contributed by atoms with Gasteiger partial charge in [0.05, 0.1) is 17.2 Å². The van der Waals surface area contributed by atoms with E-state index >= 15 is 0 Å². The van der Waals surface area contributed by atoms with E-state index < -0.39 is 35.2 Å². The molecule has 5 rings (SSSR count). The second kappa shape index (κ2) is 11.4. The predicted octanol–water partition coefficient (Wildman–Crippen LogP) is 6.92. The van der Waals surface area contributed by atoms with Gasteiger partial charge in [0.2, 0.25) is 0 Å². The van der Waals surface area contributed by atoms with Gasteiger partial charge in [-0.05, 0) is 71.6 Å². The molecule has 2 N–H and O–H groups in total. The van der Waals surface area contributed by atoms with Crippen molar-refractivity contribution in [3.05, 3.63) is 136 Å². The molecule has 1 heterocycles. The fourth-order valence-electron chi connectivity index (χ4n) is 4.94. The molecule has 0 aliphatic carbocycles. The largest absolute Gasteiger partial charge is 0.508 e. The van der Waals surface area contributed by atoms with E-state index in [0.717, 1.165) is 22.6 Å². The zero-order valence-corrected chi connectivity index (χ0v) is 22.4. The lowest BCUT2D eigenvalue weighted by molar-refractivity contribution is -0.140. The number of amides is 1. The van der Waals surface area contributed by atoms with E-state index in [9.17, 15) is 33.0 Å². The number of Topliss-reactive ketones (excluding diaryl/α,β-unsaturated/α-hetero) is 1. The van der Waals surface area contributed by atoms with Crippen molar-refractivity contribution in [3.8, 4) is 11.5 Å². The molecule has 42 heavy (non-hydrogen) atoms. The number of phenols is 1. The maximum absolute atomic E-state index is 13.3. The molecule has 1 unspecified atom stereocenters. The number of ketones is 1. The lowest BCUT2D eigenvalue weighted by Crippen LogP contribution is -2.29. The summed E-state index contributed by atoms with van der Waals surface area (Å²) in [6, 6.07) is 23.5. The van der Waals surface area contributed by atoms with Gasteiger partial charge in [0.15, 0.2) is 0 Å². The Kier molecular flexibility index (Phi) is 7.76. The molecule has 0 spiro atoms.